The second kappa shape index (κ2) is 5.43. The summed E-state index contributed by atoms with van der Waals surface area (Å²) in [5.74, 6) is 0. The van der Waals surface area contributed by atoms with Crippen LogP contribution in [-0.2, 0) is 0 Å². The van der Waals surface area contributed by atoms with Crippen molar-refractivity contribution in [2.75, 3.05) is 7.05 Å². The van der Waals surface area contributed by atoms with E-state index in [0.717, 1.165) is 5.52 Å². The molecule has 0 aliphatic heterocycles. The number of aromatic nitrogens is 1. The zero-order valence-corrected chi connectivity index (χ0v) is 11.8. The summed E-state index contributed by atoms with van der Waals surface area (Å²) in [5, 5.41) is 4.44. The number of pyridine rings is 1. The molecule has 0 spiro atoms. The van der Waals surface area contributed by atoms with Gasteiger partial charge in [0, 0.05) is 23.2 Å². The van der Waals surface area contributed by atoms with Crippen LogP contribution in [0.1, 0.15) is 18.5 Å². The van der Waals surface area contributed by atoms with Crippen molar-refractivity contribution in [2.45, 2.75) is 13.0 Å². The summed E-state index contributed by atoms with van der Waals surface area (Å²) in [6.07, 6.45) is 1.85. The SMILES string of the molecule is CNC(C)c1ccc(-c2cccc3cccnc23)cc1. The molecule has 0 aliphatic rings. The third kappa shape index (κ3) is 2.30. The molecule has 20 heavy (non-hydrogen) atoms. The van der Waals surface area contributed by atoms with Crippen LogP contribution < -0.4 is 5.32 Å². The van der Waals surface area contributed by atoms with E-state index in [9.17, 15) is 0 Å². The quantitative estimate of drug-likeness (QED) is 0.766. The van der Waals surface area contributed by atoms with Gasteiger partial charge in [0.25, 0.3) is 0 Å². The first-order valence-corrected chi connectivity index (χ1v) is 6.91. The molecule has 1 unspecified atom stereocenters. The molecule has 0 fully saturated rings. The van der Waals surface area contributed by atoms with Crippen LogP contribution in [0.15, 0.2) is 60.8 Å². The van der Waals surface area contributed by atoms with Crippen LogP contribution in [0.3, 0.4) is 0 Å². The van der Waals surface area contributed by atoms with Crippen molar-refractivity contribution in [1.82, 2.24) is 10.3 Å². The number of nitrogens with one attached hydrogen (secondary N) is 1. The van der Waals surface area contributed by atoms with E-state index in [4.69, 9.17) is 0 Å². The third-order valence-electron chi connectivity index (χ3n) is 3.79. The van der Waals surface area contributed by atoms with E-state index in [2.05, 4.69) is 65.8 Å². The van der Waals surface area contributed by atoms with Crippen molar-refractivity contribution in [3.8, 4) is 11.1 Å². The van der Waals surface area contributed by atoms with Gasteiger partial charge in [-0.15, -0.1) is 0 Å². The maximum atomic E-state index is 4.52. The monoisotopic (exact) mass is 262 g/mol. The number of benzene rings is 2. The van der Waals surface area contributed by atoms with E-state index in [-0.39, 0.29) is 0 Å². The molecule has 0 bridgehead atoms. The number of fused-ring (bicyclic) bond motifs is 1. The maximum Gasteiger partial charge on any atom is 0.0780 e. The Bertz CT molecular complexity index is 712. The molecule has 1 heterocycles. The largest absolute Gasteiger partial charge is 0.313 e. The van der Waals surface area contributed by atoms with Gasteiger partial charge in [0.1, 0.15) is 0 Å². The molecule has 100 valence electrons. The Hall–Kier alpha value is -2.19. The molecule has 1 aromatic heterocycles. The van der Waals surface area contributed by atoms with Crippen LogP contribution in [0.2, 0.25) is 0 Å². The molecule has 1 atom stereocenters. The van der Waals surface area contributed by atoms with Crippen molar-refractivity contribution >= 4 is 10.9 Å². The second-order valence-electron chi connectivity index (χ2n) is 5.01. The minimum Gasteiger partial charge on any atom is -0.313 e. The Labute approximate surface area is 119 Å². The van der Waals surface area contributed by atoms with Crippen molar-refractivity contribution in [3.63, 3.8) is 0 Å². The fourth-order valence-electron chi connectivity index (χ4n) is 2.46. The van der Waals surface area contributed by atoms with Gasteiger partial charge in [-0.2, -0.15) is 0 Å². The molecule has 2 aromatic carbocycles. The summed E-state index contributed by atoms with van der Waals surface area (Å²) in [5.41, 5.74) is 4.75. The van der Waals surface area contributed by atoms with Crippen LogP contribution in [0, 0.1) is 0 Å². The molecule has 3 aromatic rings. The first-order chi connectivity index (χ1) is 9.79. The molecular formula is C18H18N2. The summed E-state index contributed by atoms with van der Waals surface area (Å²) in [6, 6.07) is 19.5. The summed E-state index contributed by atoms with van der Waals surface area (Å²) < 4.78 is 0. The molecule has 1 N–H and O–H groups in total. The van der Waals surface area contributed by atoms with Gasteiger partial charge in [-0.3, -0.25) is 4.98 Å². The van der Waals surface area contributed by atoms with Gasteiger partial charge < -0.3 is 5.32 Å². The number of nitrogens with zero attached hydrogens (tertiary/aromatic N) is 1. The highest BCUT2D eigenvalue weighted by Crippen LogP contribution is 2.27. The zero-order valence-electron chi connectivity index (χ0n) is 11.8. The van der Waals surface area contributed by atoms with Crippen molar-refractivity contribution in [2.24, 2.45) is 0 Å². The lowest BCUT2D eigenvalue weighted by Gasteiger charge is -2.12. The summed E-state index contributed by atoms with van der Waals surface area (Å²) in [4.78, 5) is 4.52. The fourth-order valence-corrected chi connectivity index (χ4v) is 2.46. The van der Waals surface area contributed by atoms with Crippen LogP contribution in [0.4, 0.5) is 0 Å². The average Bonchev–Trinajstić information content (AvgIpc) is 2.54. The molecule has 0 saturated carbocycles. The minimum atomic E-state index is 0.370. The van der Waals surface area contributed by atoms with Gasteiger partial charge in [-0.05, 0) is 31.2 Å². The molecule has 3 rings (SSSR count). The summed E-state index contributed by atoms with van der Waals surface area (Å²) in [7, 11) is 1.98. The van der Waals surface area contributed by atoms with Crippen molar-refractivity contribution < 1.29 is 0 Å². The van der Waals surface area contributed by atoms with Crippen molar-refractivity contribution in [3.05, 3.63) is 66.4 Å². The van der Waals surface area contributed by atoms with E-state index in [1.165, 1.54) is 22.1 Å². The number of hydrogen-bond acceptors (Lipinski definition) is 2. The summed E-state index contributed by atoms with van der Waals surface area (Å²) in [6.45, 7) is 2.16. The van der Waals surface area contributed by atoms with Gasteiger partial charge in [-0.1, -0.05) is 48.5 Å². The third-order valence-corrected chi connectivity index (χ3v) is 3.79. The fraction of sp³-hybridized carbons (Fsp3) is 0.167. The Kier molecular flexibility index (Phi) is 3.48. The van der Waals surface area contributed by atoms with Crippen LogP contribution in [0.5, 0.6) is 0 Å². The Morgan fingerprint density at radius 2 is 1.70 bits per heavy atom. The van der Waals surface area contributed by atoms with Gasteiger partial charge in [0.2, 0.25) is 0 Å². The summed E-state index contributed by atoms with van der Waals surface area (Å²) >= 11 is 0. The van der Waals surface area contributed by atoms with E-state index >= 15 is 0 Å². The first-order valence-electron chi connectivity index (χ1n) is 6.91. The van der Waals surface area contributed by atoms with Gasteiger partial charge >= 0.3 is 0 Å². The van der Waals surface area contributed by atoms with E-state index in [1.807, 2.05) is 19.3 Å². The highest BCUT2D eigenvalue weighted by molar-refractivity contribution is 5.93. The molecule has 0 amide bonds. The maximum absolute atomic E-state index is 4.52. The van der Waals surface area contributed by atoms with Crippen LogP contribution >= 0.6 is 0 Å². The van der Waals surface area contributed by atoms with Gasteiger partial charge in [0.05, 0.1) is 5.52 Å². The smallest absolute Gasteiger partial charge is 0.0780 e. The Balaban J connectivity index is 2.07. The molecule has 2 nitrogen and oxygen atoms in total. The van der Waals surface area contributed by atoms with E-state index < -0.39 is 0 Å². The number of hydrogen-bond donors (Lipinski definition) is 1. The predicted molar refractivity (Wildman–Crippen MR) is 84.7 cm³/mol. The van der Waals surface area contributed by atoms with Gasteiger partial charge in [0.15, 0.2) is 0 Å². The lowest BCUT2D eigenvalue weighted by molar-refractivity contribution is 0.652. The lowest BCUT2D eigenvalue weighted by Crippen LogP contribution is -2.11. The Morgan fingerprint density at radius 3 is 2.45 bits per heavy atom. The van der Waals surface area contributed by atoms with E-state index in [1.54, 1.807) is 0 Å². The standard InChI is InChI=1S/C18H18N2/c1-13(19-2)14-8-10-15(11-9-14)17-7-3-5-16-6-4-12-20-18(16)17/h3-13,19H,1-2H3. The highest BCUT2D eigenvalue weighted by Gasteiger charge is 2.06. The minimum absolute atomic E-state index is 0.370. The van der Waals surface area contributed by atoms with E-state index in [0.29, 0.717) is 6.04 Å². The molecule has 2 heteroatoms. The predicted octanol–water partition coefficient (Wildman–Crippen LogP) is 4.18. The highest BCUT2D eigenvalue weighted by atomic mass is 14.8. The first kappa shape index (κ1) is 12.8. The molecule has 0 radical (unpaired) electrons. The van der Waals surface area contributed by atoms with Crippen LogP contribution in [0.25, 0.3) is 22.0 Å². The van der Waals surface area contributed by atoms with Gasteiger partial charge in [-0.25, -0.2) is 0 Å². The molecule has 0 aliphatic carbocycles. The van der Waals surface area contributed by atoms with Crippen molar-refractivity contribution in [1.29, 1.82) is 0 Å². The second-order valence-corrected chi connectivity index (χ2v) is 5.01. The van der Waals surface area contributed by atoms with Crippen LogP contribution in [-0.4, -0.2) is 12.0 Å². The molecular weight excluding hydrogens is 244 g/mol. The topological polar surface area (TPSA) is 24.9 Å². The number of rotatable bonds is 3. The lowest BCUT2D eigenvalue weighted by atomic mass is 9.99. The average molecular weight is 262 g/mol. The normalized spacial score (nSPS) is 12.5. The Morgan fingerprint density at radius 1 is 0.950 bits per heavy atom. The zero-order chi connectivity index (χ0) is 13.9. The molecule has 0 saturated heterocycles. The number of para-hydroxylation sites is 1.